The summed E-state index contributed by atoms with van der Waals surface area (Å²) >= 11 is 6.57. The van der Waals surface area contributed by atoms with Crippen LogP contribution in [0.2, 0.25) is 5.02 Å². The number of ether oxygens (including phenoxy) is 4. The Morgan fingerprint density at radius 1 is 0.929 bits per heavy atom. The molecule has 3 heterocycles. The van der Waals surface area contributed by atoms with Crippen LogP contribution < -0.4 is 19.1 Å². The topological polar surface area (TPSA) is 104 Å². The third kappa shape index (κ3) is 11.6. The Morgan fingerprint density at radius 3 is 2.26 bits per heavy atom. The predicted octanol–water partition coefficient (Wildman–Crippen LogP) is 9.02. The second-order valence-corrected chi connectivity index (χ2v) is 22.5. The number of hydrogen-bond acceptors (Lipinski definition) is 10. The lowest BCUT2D eigenvalue weighted by Crippen LogP contribution is -2.58. The molecule has 5 atom stereocenters. The number of amides is 1. The molecule has 1 spiro atoms. The summed E-state index contributed by atoms with van der Waals surface area (Å²) in [5.41, 5.74) is 5.72. The second kappa shape index (κ2) is 22.8. The fourth-order valence-electron chi connectivity index (χ4n) is 10.8. The number of hydrogen-bond donors (Lipinski definition) is 0. The van der Waals surface area contributed by atoms with Gasteiger partial charge in [-0.3, -0.25) is 14.6 Å². The molecule has 2 fully saturated rings. The first kappa shape index (κ1) is 51.6. The Kier molecular flexibility index (Phi) is 16.8. The molecule has 0 bridgehead atoms. The van der Waals surface area contributed by atoms with Gasteiger partial charge in [-0.2, -0.15) is 4.31 Å². The number of methoxy groups -OCH3 is 2. The molecule has 3 aliphatic heterocycles. The SMILES string of the molecule is COc1ccc(CN(Cc2ccc(OC)cc2)S(=O)(=O)[C@H](C)[C@@H](C)C/C=C(\F)C(C(=O)N(C)CCN2CCOCC2)N2CCC[C@H]2N2C[C@@]3(CCCc4cc(Cl)ccc43)COc3ccc(C)cc32)cc1. The van der Waals surface area contributed by atoms with Crippen LogP contribution >= 0.6 is 11.6 Å². The number of allylic oxidation sites excluding steroid dienone is 1. The molecule has 1 amide bonds. The quantitative estimate of drug-likeness (QED) is 0.0960. The Balaban J connectivity index is 1.10. The van der Waals surface area contributed by atoms with Gasteiger partial charge in [0.25, 0.3) is 0 Å². The number of nitrogens with zero attached hydrogens (tertiary/aromatic N) is 5. The minimum atomic E-state index is -3.96. The van der Waals surface area contributed by atoms with E-state index in [2.05, 4.69) is 45.9 Å². The molecule has 8 rings (SSSR count). The summed E-state index contributed by atoms with van der Waals surface area (Å²) in [4.78, 5) is 23.5. The van der Waals surface area contributed by atoms with Gasteiger partial charge in [0.2, 0.25) is 15.9 Å². The molecule has 12 nitrogen and oxygen atoms in total. The number of anilines is 1. The van der Waals surface area contributed by atoms with Gasteiger partial charge in [0.1, 0.15) is 29.1 Å². The number of likely N-dealkylation sites (N-methyl/N-ethyl adjacent to an activating group) is 1. The molecule has 378 valence electrons. The van der Waals surface area contributed by atoms with E-state index in [1.54, 1.807) is 33.1 Å². The van der Waals surface area contributed by atoms with Crippen LogP contribution in [-0.2, 0) is 44.5 Å². The molecule has 2 saturated heterocycles. The first-order chi connectivity index (χ1) is 33.7. The van der Waals surface area contributed by atoms with Gasteiger partial charge >= 0.3 is 0 Å². The van der Waals surface area contributed by atoms with E-state index in [1.807, 2.05) is 67.6 Å². The summed E-state index contributed by atoms with van der Waals surface area (Å²) in [5.74, 6) is 0.725. The van der Waals surface area contributed by atoms with Gasteiger partial charge in [0.05, 0.1) is 51.1 Å². The average molecular weight is 1000 g/mol. The molecule has 4 aromatic carbocycles. The molecule has 1 unspecified atom stereocenters. The highest BCUT2D eigenvalue weighted by atomic mass is 35.5. The summed E-state index contributed by atoms with van der Waals surface area (Å²) in [6, 6.07) is 26.0. The van der Waals surface area contributed by atoms with Crippen molar-refractivity contribution >= 4 is 33.2 Å². The molecule has 4 aromatic rings. The van der Waals surface area contributed by atoms with Crippen LogP contribution in [0.5, 0.6) is 17.2 Å². The van der Waals surface area contributed by atoms with Gasteiger partial charge < -0.3 is 28.7 Å². The first-order valence-electron chi connectivity index (χ1n) is 24.9. The molecular formula is C55H71ClFN5O7S. The molecule has 4 aliphatic rings. The van der Waals surface area contributed by atoms with Crippen LogP contribution in [0.1, 0.15) is 73.8 Å². The zero-order chi connectivity index (χ0) is 49.6. The third-order valence-corrected chi connectivity index (χ3v) is 17.8. The van der Waals surface area contributed by atoms with Crippen molar-refractivity contribution in [2.45, 2.75) is 95.3 Å². The lowest BCUT2D eigenvalue weighted by atomic mass is 9.70. The number of halogens is 2. The number of carbonyl (C=O) groups is 1. The van der Waals surface area contributed by atoms with Gasteiger partial charge in [-0.05, 0) is 135 Å². The van der Waals surface area contributed by atoms with Crippen LogP contribution in [0, 0.1) is 12.8 Å². The Hall–Kier alpha value is -4.70. The Bertz CT molecular complexity index is 2510. The second-order valence-electron chi connectivity index (χ2n) is 19.8. The lowest BCUT2D eigenvalue weighted by molar-refractivity contribution is -0.135. The van der Waals surface area contributed by atoms with Crippen molar-refractivity contribution in [3.8, 4) is 17.2 Å². The highest BCUT2D eigenvalue weighted by Gasteiger charge is 2.48. The first-order valence-corrected chi connectivity index (χ1v) is 26.8. The minimum Gasteiger partial charge on any atom is -0.497 e. The maximum absolute atomic E-state index is 17.8. The Morgan fingerprint density at radius 2 is 1.60 bits per heavy atom. The maximum Gasteiger partial charge on any atom is 0.246 e. The van der Waals surface area contributed by atoms with E-state index in [-0.39, 0.29) is 37.0 Å². The summed E-state index contributed by atoms with van der Waals surface area (Å²) in [5, 5.41) is -0.176. The van der Waals surface area contributed by atoms with Crippen LogP contribution in [0.4, 0.5) is 10.1 Å². The summed E-state index contributed by atoms with van der Waals surface area (Å²) < 4.78 is 71.9. The molecule has 0 aromatic heterocycles. The molecular weight excluding hydrogens is 929 g/mol. The number of morpholine rings is 1. The summed E-state index contributed by atoms with van der Waals surface area (Å²) in [6.45, 7) is 11.4. The number of likely N-dealkylation sites (tertiary alicyclic amines) is 1. The van der Waals surface area contributed by atoms with E-state index in [0.717, 1.165) is 73.3 Å². The Labute approximate surface area is 420 Å². The van der Waals surface area contributed by atoms with Gasteiger partial charge in [-0.15, -0.1) is 0 Å². The zero-order valence-electron chi connectivity index (χ0n) is 41.7. The van der Waals surface area contributed by atoms with Crippen LogP contribution in [-0.4, -0.2) is 131 Å². The number of sulfonamides is 1. The van der Waals surface area contributed by atoms with Crippen molar-refractivity contribution < 1.29 is 36.6 Å². The van der Waals surface area contributed by atoms with E-state index in [1.165, 1.54) is 21.5 Å². The van der Waals surface area contributed by atoms with Gasteiger partial charge in [-0.1, -0.05) is 61.0 Å². The summed E-state index contributed by atoms with van der Waals surface area (Å²) in [7, 11) is 0.992. The van der Waals surface area contributed by atoms with Gasteiger partial charge in [-0.25, -0.2) is 12.8 Å². The molecule has 0 radical (unpaired) electrons. The molecule has 0 saturated carbocycles. The van der Waals surface area contributed by atoms with Crippen LogP contribution in [0.3, 0.4) is 0 Å². The number of aryl methyl sites for hydroxylation is 2. The number of carbonyl (C=O) groups excluding carboxylic acids is 1. The molecule has 70 heavy (non-hydrogen) atoms. The van der Waals surface area contributed by atoms with Crippen LogP contribution in [0.15, 0.2) is 96.8 Å². The molecule has 0 N–H and O–H groups in total. The lowest BCUT2D eigenvalue weighted by Gasteiger charge is -2.45. The highest BCUT2D eigenvalue weighted by Crippen LogP contribution is 2.47. The largest absolute Gasteiger partial charge is 0.497 e. The van der Waals surface area contributed by atoms with E-state index >= 15 is 9.18 Å². The van der Waals surface area contributed by atoms with Crippen LogP contribution in [0.25, 0.3) is 0 Å². The maximum atomic E-state index is 17.8. The zero-order valence-corrected chi connectivity index (χ0v) is 43.3. The minimum absolute atomic E-state index is 0.104. The van der Waals surface area contributed by atoms with E-state index in [4.69, 9.17) is 30.5 Å². The van der Waals surface area contributed by atoms with Gasteiger partial charge in [0, 0.05) is 69.8 Å². The fraction of sp³-hybridized carbons (Fsp3) is 0.509. The van der Waals surface area contributed by atoms with Crippen molar-refractivity contribution in [1.29, 1.82) is 0 Å². The van der Waals surface area contributed by atoms with Crippen molar-refractivity contribution in [3.05, 3.63) is 130 Å². The standard InChI is InChI=1S/C55H71ClFN5O7S/c1-39-11-24-51-50(33-39)62(37-55(38-69-51)25-7-9-44-34-45(56)17-22-48(44)55)52-10-8-26-61(52)53(54(63)58(4)27-28-59-29-31-68-32-30-59)49(57)23-12-40(2)41(3)70(64,65)60(35-42-13-18-46(66-5)19-14-42)36-43-15-20-47(67-6)21-16-43/h11,13-24,33-34,40-41,52-53H,7-10,12,25-32,35-38H2,1-6H3/b49-23-/t40-,41+,52+,53?,55-/m0/s1. The average Bonchev–Trinajstić information content (AvgIpc) is 3.79. The predicted molar refractivity (Wildman–Crippen MR) is 275 cm³/mol. The number of fused-ring (bicyclic) bond motifs is 3. The summed E-state index contributed by atoms with van der Waals surface area (Å²) in [6.07, 6.45) is 5.56. The van der Waals surface area contributed by atoms with E-state index in [0.29, 0.717) is 62.5 Å². The van der Waals surface area contributed by atoms with Crippen molar-refractivity contribution in [1.82, 2.24) is 19.0 Å². The van der Waals surface area contributed by atoms with E-state index < -0.39 is 33.1 Å². The van der Waals surface area contributed by atoms with Crippen molar-refractivity contribution in [2.75, 3.05) is 85.3 Å². The molecule has 1 aliphatic carbocycles. The normalized spacial score (nSPS) is 21.4. The monoisotopic (exact) mass is 999 g/mol. The molecule has 15 heteroatoms. The number of rotatable bonds is 18. The van der Waals surface area contributed by atoms with Crippen molar-refractivity contribution in [3.63, 3.8) is 0 Å². The highest BCUT2D eigenvalue weighted by molar-refractivity contribution is 7.89. The number of benzene rings is 4. The smallest absolute Gasteiger partial charge is 0.246 e. The van der Waals surface area contributed by atoms with Gasteiger partial charge in [0.15, 0.2) is 0 Å². The van der Waals surface area contributed by atoms with E-state index in [9.17, 15) is 8.42 Å². The fourth-order valence-corrected chi connectivity index (χ4v) is 12.8. The third-order valence-electron chi connectivity index (χ3n) is 15.2. The van der Waals surface area contributed by atoms with Crippen molar-refractivity contribution in [2.24, 2.45) is 5.92 Å².